The van der Waals surface area contributed by atoms with Crippen molar-refractivity contribution in [3.8, 4) is 0 Å². The van der Waals surface area contributed by atoms with Crippen LogP contribution in [0.1, 0.15) is 24.5 Å². The van der Waals surface area contributed by atoms with E-state index in [9.17, 15) is 9.59 Å². The highest BCUT2D eigenvalue weighted by Gasteiger charge is 2.29. The molecule has 2 aromatic carbocycles. The van der Waals surface area contributed by atoms with Gasteiger partial charge in [0.2, 0.25) is 11.8 Å². The van der Waals surface area contributed by atoms with Gasteiger partial charge in [0.25, 0.3) is 0 Å². The standard InChI is InChI=1S/C21H22Cl4N2O2S/c1-3-19(21(29)26-2)27(10-14-15(22)5-4-6-16(14)23)20(28)12-30-11-13-7-8-17(24)18(25)9-13/h4-9,19H,3,10-12H2,1-2H3,(H,26,29)/t19-/m0/s1. The van der Waals surface area contributed by atoms with Gasteiger partial charge < -0.3 is 10.2 Å². The zero-order valence-electron chi connectivity index (χ0n) is 16.6. The summed E-state index contributed by atoms with van der Waals surface area (Å²) in [5.41, 5.74) is 1.58. The molecule has 0 fully saturated rings. The molecule has 1 N–H and O–H groups in total. The first-order chi connectivity index (χ1) is 14.3. The Morgan fingerprint density at radius 3 is 2.27 bits per heavy atom. The van der Waals surface area contributed by atoms with Gasteiger partial charge in [-0.15, -0.1) is 11.8 Å². The third-order valence-electron chi connectivity index (χ3n) is 4.50. The first-order valence-electron chi connectivity index (χ1n) is 9.24. The van der Waals surface area contributed by atoms with Crippen LogP contribution in [0, 0.1) is 0 Å². The number of benzene rings is 2. The minimum atomic E-state index is -0.625. The second-order valence-corrected chi connectivity index (χ2v) is 9.12. The summed E-state index contributed by atoms with van der Waals surface area (Å²) >= 11 is 26.0. The number of nitrogens with one attached hydrogen (secondary N) is 1. The predicted molar refractivity (Wildman–Crippen MR) is 128 cm³/mol. The molecule has 0 bridgehead atoms. The SMILES string of the molecule is CC[C@@H](C(=O)NC)N(Cc1c(Cl)cccc1Cl)C(=O)CSCc1ccc(Cl)c(Cl)c1. The molecule has 9 heteroatoms. The summed E-state index contributed by atoms with van der Waals surface area (Å²) in [6.07, 6.45) is 0.463. The number of carbonyl (C=O) groups excluding carboxylic acids is 2. The van der Waals surface area contributed by atoms with Crippen molar-refractivity contribution in [3.63, 3.8) is 0 Å². The van der Waals surface area contributed by atoms with Gasteiger partial charge >= 0.3 is 0 Å². The highest BCUT2D eigenvalue weighted by molar-refractivity contribution is 7.99. The fourth-order valence-electron chi connectivity index (χ4n) is 2.91. The molecular weight excluding hydrogens is 486 g/mol. The maximum Gasteiger partial charge on any atom is 0.242 e. The van der Waals surface area contributed by atoms with Gasteiger partial charge in [-0.2, -0.15) is 0 Å². The van der Waals surface area contributed by atoms with Crippen LogP contribution in [0.25, 0.3) is 0 Å². The van der Waals surface area contributed by atoms with E-state index in [4.69, 9.17) is 46.4 Å². The molecule has 1 atom stereocenters. The zero-order valence-corrected chi connectivity index (χ0v) is 20.4. The van der Waals surface area contributed by atoms with Crippen molar-refractivity contribution in [2.75, 3.05) is 12.8 Å². The Kier molecular flexibility index (Phi) is 10.1. The number of halogens is 4. The average Bonchev–Trinajstić information content (AvgIpc) is 2.72. The normalized spacial score (nSPS) is 11.8. The van der Waals surface area contributed by atoms with Crippen molar-refractivity contribution in [3.05, 3.63) is 67.6 Å². The molecule has 2 rings (SSSR count). The van der Waals surface area contributed by atoms with Crippen LogP contribution in [0.5, 0.6) is 0 Å². The van der Waals surface area contributed by atoms with Gasteiger partial charge in [-0.3, -0.25) is 9.59 Å². The van der Waals surface area contributed by atoms with Gasteiger partial charge in [-0.25, -0.2) is 0 Å². The van der Waals surface area contributed by atoms with Crippen LogP contribution in [0.2, 0.25) is 20.1 Å². The summed E-state index contributed by atoms with van der Waals surface area (Å²) in [4.78, 5) is 27.0. The summed E-state index contributed by atoms with van der Waals surface area (Å²) in [7, 11) is 1.55. The largest absolute Gasteiger partial charge is 0.357 e. The maximum absolute atomic E-state index is 13.1. The topological polar surface area (TPSA) is 49.4 Å². The van der Waals surface area contributed by atoms with Crippen LogP contribution >= 0.6 is 58.2 Å². The summed E-state index contributed by atoms with van der Waals surface area (Å²) in [5, 5.41) is 4.50. The van der Waals surface area contributed by atoms with E-state index in [1.165, 1.54) is 16.7 Å². The van der Waals surface area contributed by atoms with Crippen LogP contribution in [0.4, 0.5) is 0 Å². The lowest BCUT2D eigenvalue weighted by Crippen LogP contribution is -2.48. The van der Waals surface area contributed by atoms with Crippen LogP contribution in [0.3, 0.4) is 0 Å². The van der Waals surface area contributed by atoms with Crippen molar-refractivity contribution < 1.29 is 9.59 Å². The molecule has 0 spiro atoms. The average molecular weight is 508 g/mol. The summed E-state index contributed by atoms with van der Waals surface area (Å²) in [6.45, 7) is 2.01. The van der Waals surface area contributed by atoms with Crippen molar-refractivity contribution >= 4 is 70.0 Å². The van der Waals surface area contributed by atoms with Gasteiger partial charge in [-0.1, -0.05) is 65.5 Å². The highest BCUT2D eigenvalue weighted by Crippen LogP contribution is 2.28. The summed E-state index contributed by atoms with van der Waals surface area (Å²) in [5.74, 6) is 0.366. The molecule has 0 unspecified atom stereocenters. The Balaban J connectivity index is 2.16. The number of carbonyl (C=O) groups is 2. The van der Waals surface area contributed by atoms with Gasteiger partial charge in [0.1, 0.15) is 6.04 Å². The maximum atomic E-state index is 13.1. The Morgan fingerprint density at radius 2 is 1.70 bits per heavy atom. The molecule has 2 aromatic rings. The Bertz CT molecular complexity index is 890. The number of thioether (sulfide) groups is 1. The monoisotopic (exact) mass is 506 g/mol. The Morgan fingerprint density at radius 1 is 1.03 bits per heavy atom. The van der Waals surface area contributed by atoms with Crippen LogP contribution < -0.4 is 5.32 Å². The molecule has 0 aliphatic carbocycles. The first kappa shape index (κ1) is 25.2. The van der Waals surface area contributed by atoms with E-state index in [2.05, 4.69) is 5.32 Å². The van der Waals surface area contributed by atoms with Crippen LogP contribution in [-0.4, -0.2) is 35.6 Å². The predicted octanol–water partition coefficient (Wildman–Crippen LogP) is 6.09. The van der Waals surface area contributed by atoms with Gasteiger partial charge in [0, 0.05) is 35.0 Å². The van der Waals surface area contributed by atoms with Crippen LogP contribution in [-0.2, 0) is 21.9 Å². The Hall–Kier alpha value is -1.11. The molecule has 4 nitrogen and oxygen atoms in total. The lowest BCUT2D eigenvalue weighted by molar-refractivity contribution is -0.139. The van der Waals surface area contributed by atoms with Gasteiger partial charge in [-0.05, 0) is 36.2 Å². The number of amides is 2. The molecule has 0 saturated heterocycles. The van der Waals surface area contributed by atoms with Crippen molar-refractivity contribution in [1.82, 2.24) is 10.2 Å². The van der Waals surface area contributed by atoms with E-state index in [1.54, 1.807) is 37.4 Å². The van der Waals surface area contributed by atoms with E-state index in [0.29, 0.717) is 37.8 Å². The minimum Gasteiger partial charge on any atom is -0.357 e. The molecule has 0 radical (unpaired) electrons. The summed E-state index contributed by atoms with van der Waals surface area (Å²) in [6, 6.07) is 9.92. The zero-order chi connectivity index (χ0) is 22.3. The molecular formula is C21H22Cl4N2O2S. The number of nitrogens with zero attached hydrogens (tertiary/aromatic N) is 1. The molecule has 162 valence electrons. The number of likely N-dealkylation sites (N-methyl/N-ethyl adjacent to an activating group) is 1. The second kappa shape index (κ2) is 12.1. The molecule has 0 aromatic heterocycles. The van der Waals surface area contributed by atoms with Gasteiger partial charge in [0.15, 0.2) is 0 Å². The molecule has 0 heterocycles. The molecule has 30 heavy (non-hydrogen) atoms. The van der Waals surface area contributed by atoms with Crippen molar-refractivity contribution in [1.29, 1.82) is 0 Å². The number of hydrogen-bond donors (Lipinski definition) is 1. The fourth-order valence-corrected chi connectivity index (χ4v) is 4.60. The van der Waals surface area contributed by atoms with Crippen molar-refractivity contribution in [2.24, 2.45) is 0 Å². The number of hydrogen-bond acceptors (Lipinski definition) is 3. The lowest BCUT2D eigenvalue weighted by atomic mass is 10.1. The summed E-state index contributed by atoms with van der Waals surface area (Å²) < 4.78 is 0. The lowest BCUT2D eigenvalue weighted by Gasteiger charge is -2.30. The molecule has 2 amide bonds. The molecule has 0 aliphatic rings. The molecule has 0 saturated carbocycles. The quantitative estimate of drug-likeness (QED) is 0.447. The molecule has 0 aliphatic heterocycles. The second-order valence-electron chi connectivity index (χ2n) is 6.50. The smallest absolute Gasteiger partial charge is 0.242 e. The van der Waals surface area contributed by atoms with E-state index in [-0.39, 0.29) is 24.1 Å². The number of rotatable bonds is 9. The highest BCUT2D eigenvalue weighted by atomic mass is 35.5. The van der Waals surface area contributed by atoms with Crippen molar-refractivity contribution in [2.45, 2.75) is 31.7 Å². The van der Waals surface area contributed by atoms with Gasteiger partial charge in [0.05, 0.1) is 15.8 Å². The van der Waals surface area contributed by atoms with E-state index < -0.39 is 6.04 Å². The van der Waals surface area contributed by atoms with E-state index in [0.717, 1.165) is 5.56 Å². The third kappa shape index (κ3) is 6.69. The first-order valence-corrected chi connectivity index (χ1v) is 11.9. The fraction of sp³-hybridized carbons (Fsp3) is 0.333. The third-order valence-corrected chi connectivity index (χ3v) is 6.94. The minimum absolute atomic E-state index is 0.149. The van der Waals surface area contributed by atoms with Crippen LogP contribution in [0.15, 0.2) is 36.4 Å². The Labute approximate surface area is 201 Å². The van der Waals surface area contributed by atoms with E-state index >= 15 is 0 Å². The van der Waals surface area contributed by atoms with E-state index in [1.807, 2.05) is 13.0 Å².